The zero-order chi connectivity index (χ0) is 21.8. The Kier molecular flexibility index (Phi) is 6.60. The molecule has 1 aliphatic heterocycles. The van der Waals surface area contributed by atoms with Gasteiger partial charge in [-0.15, -0.1) is 0 Å². The Balaban J connectivity index is 1.65. The lowest BCUT2D eigenvalue weighted by Gasteiger charge is -2.28. The zero-order valence-electron chi connectivity index (χ0n) is 17.1. The first-order valence-corrected chi connectivity index (χ1v) is 10.4. The van der Waals surface area contributed by atoms with Crippen molar-refractivity contribution in [2.24, 2.45) is 5.73 Å². The number of nitrogens with two attached hydrogens (primary N) is 1. The number of pyridine rings is 1. The highest BCUT2D eigenvalue weighted by molar-refractivity contribution is 6.30. The number of halogens is 2. The number of hydrogen-bond donors (Lipinski definition) is 1. The minimum Gasteiger partial charge on any atom is -0.456 e. The summed E-state index contributed by atoms with van der Waals surface area (Å²) in [4.78, 5) is 15.4. The maximum Gasteiger partial charge on any atom is 0.162 e. The van der Waals surface area contributed by atoms with Crippen LogP contribution in [0.2, 0.25) is 5.02 Å². The molecule has 7 nitrogen and oxygen atoms in total. The van der Waals surface area contributed by atoms with Crippen LogP contribution in [0.1, 0.15) is 17.4 Å². The van der Waals surface area contributed by atoms with Crippen LogP contribution < -0.4 is 15.4 Å². The lowest BCUT2D eigenvalue weighted by Crippen LogP contribution is -2.36. The molecule has 0 bridgehead atoms. The van der Waals surface area contributed by atoms with Crippen LogP contribution in [-0.4, -0.2) is 47.8 Å². The predicted molar refractivity (Wildman–Crippen MR) is 117 cm³/mol. The van der Waals surface area contributed by atoms with E-state index in [4.69, 9.17) is 26.8 Å². The number of rotatable bonds is 6. The number of hydrogen-bond acceptors (Lipinski definition) is 7. The van der Waals surface area contributed by atoms with E-state index in [9.17, 15) is 4.39 Å². The van der Waals surface area contributed by atoms with E-state index >= 15 is 0 Å². The van der Waals surface area contributed by atoms with E-state index in [1.54, 1.807) is 18.2 Å². The Labute approximate surface area is 185 Å². The summed E-state index contributed by atoms with van der Waals surface area (Å²) in [7, 11) is 0. The van der Waals surface area contributed by atoms with Crippen LogP contribution in [-0.2, 0) is 4.74 Å². The molecule has 0 spiro atoms. The molecule has 4 rings (SSSR count). The average Bonchev–Trinajstić information content (AvgIpc) is 2.79. The maximum atomic E-state index is 13.8. The maximum absolute atomic E-state index is 13.8. The largest absolute Gasteiger partial charge is 0.456 e. The number of aromatic nitrogens is 3. The Morgan fingerprint density at radius 1 is 1.19 bits per heavy atom. The molecule has 1 aromatic carbocycles. The first-order chi connectivity index (χ1) is 15.0. The van der Waals surface area contributed by atoms with Crippen LogP contribution in [0, 0.1) is 6.92 Å². The summed E-state index contributed by atoms with van der Waals surface area (Å²) in [6.07, 6.45) is 1.57. The van der Waals surface area contributed by atoms with E-state index in [-0.39, 0.29) is 6.54 Å². The number of alkyl halides is 1. The zero-order valence-corrected chi connectivity index (χ0v) is 17.8. The number of morpholine rings is 1. The average molecular weight is 444 g/mol. The van der Waals surface area contributed by atoms with Crippen molar-refractivity contribution in [3.63, 3.8) is 0 Å². The topological polar surface area (TPSA) is 86.4 Å². The van der Waals surface area contributed by atoms with Gasteiger partial charge in [0.15, 0.2) is 5.82 Å². The van der Waals surface area contributed by atoms with E-state index in [0.717, 1.165) is 24.6 Å². The molecule has 0 saturated carbocycles. The monoisotopic (exact) mass is 443 g/mol. The van der Waals surface area contributed by atoms with E-state index in [1.165, 1.54) is 12.4 Å². The smallest absolute Gasteiger partial charge is 0.162 e. The van der Waals surface area contributed by atoms with E-state index in [0.29, 0.717) is 46.7 Å². The fraction of sp³-hybridized carbons (Fsp3) is 0.318. The molecule has 0 amide bonds. The van der Waals surface area contributed by atoms with Crippen LogP contribution in [0.15, 0.2) is 42.7 Å². The number of aryl methyl sites for hydroxylation is 1. The highest BCUT2D eigenvalue weighted by Gasteiger charge is 2.17. The molecular formula is C22H23ClFN5O2. The SMILES string of the molecule is Cc1cc(Oc2cc(Cl)ccc2-c2ncc([C@@H](F)CN)cn2)cc(N2CCOCC2)n1. The molecule has 0 aliphatic carbocycles. The molecule has 1 fully saturated rings. The predicted octanol–water partition coefficient (Wildman–Crippen LogP) is 4.10. The van der Waals surface area contributed by atoms with Crippen molar-refractivity contribution in [1.82, 2.24) is 15.0 Å². The van der Waals surface area contributed by atoms with Gasteiger partial charge in [-0.1, -0.05) is 11.6 Å². The van der Waals surface area contributed by atoms with Gasteiger partial charge in [0, 0.05) is 66.5 Å². The summed E-state index contributed by atoms with van der Waals surface area (Å²) >= 11 is 6.22. The fourth-order valence-electron chi connectivity index (χ4n) is 3.30. The normalized spacial score (nSPS) is 15.0. The molecular weight excluding hydrogens is 421 g/mol. The van der Waals surface area contributed by atoms with Crippen molar-refractivity contribution in [2.75, 3.05) is 37.7 Å². The molecule has 1 atom stereocenters. The Hall–Kier alpha value is -2.81. The van der Waals surface area contributed by atoms with Crippen molar-refractivity contribution >= 4 is 17.4 Å². The van der Waals surface area contributed by atoms with E-state index in [1.807, 2.05) is 19.1 Å². The first kappa shape index (κ1) is 21.4. The first-order valence-electron chi connectivity index (χ1n) is 9.98. The van der Waals surface area contributed by atoms with Crippen molar-refractivity contribution in [3.8, 4) is 22.9 Å². The number of benzene rings is 1. The molecule has 0 unspecified atom stereocenters. The van der Waals surface area contributed by atoms with E-state index < -0.39 is 6.17 Å². The van der Waals surface area contributed by atoms with Gasteiger partial charge in [0.25, 0.3) is 0 Å². The van der Waals surface area contributed by atoms with Gasteiger partial charge >= 0.3 is 0 Å². The second-order valence-electron chi connectivity index (χ2n) is 7.19. The highest BCUT2D eigenvalue weighted by atomic mass is 35.5. The molecule has 0 radical (unpaired) electrons. The number of anilines is 1. The summed E-state index contributed by atoms with van der Waals surface area (Å²) in [5.41, 5.74) is 7.19. The Morgan fingerprint density at radius 3 is 2.65 bits per heavy atom. The molecule has 162 valence electrons. The van der Waals surface area contributed by atoms with Gasteiger partial charge < -0.3 is 20.1 Å². The third-order valence-corrected chi connectivity index (χ3v) is 5.14. The summed E-state index contributed by atoms with van der Waals surface area (Å²) < 4.78 is 25.4. The lowest BCUT2D eigenvalue weighted by atomic mass is 10.1. The van der Waals surface area contributed by atoms with Gasteiger partial charge in [-0.25, -0.2) is 19.3 Å². The summed E-state index contributed by atoms with van der Waals surface area (Å²) in [5, 5.41) is 0.515. The molecule has 31 heavy (non-hydrogen) atoms. The van der Waals surface area contributed by atoms with Gasteiger partial charge in [-0.3, -0.25) is 0 Å². The second kappa shape index (κ2) is 9.55. The van der Waals surface area contributed by atoms with Gasteiger partial charge in [0.2, 0.25) is 0 Å². The quantitative estimate of drug-likeness (QED) is 0.613. The van der Waals surface area contributed by atoms with Crippen LogP contribution >= 0.6 is 11.6 Å². The van der Waals surface area contributed by atoms with Crippen LogP contribution in [0.5, 0.6) is 11.5 Å². The molecule has 1 aliphatic rings. The van der Waals surface area contributed by atoms with Gasteiger partial charge in [0.1, 0.15) is 23.5 Å². The van der Waals surface area contributed by atoms with Gasteiger partial charge in [-0.2, -0.15) is 0 Å². The minimum absolute atomic E-state index is 0.120. The fourth-order valence-corrected chi connectivity index (χ4v) is 3.46. The van der Waals surface area contributed by atoms with Crippen LogP contribution in [0.25, 0.3) is 11.4 Å². The van der Waals surface area contributed by atoms with Crippen molar-refractivity contribution in [1.29, 1.82) is 0 Å². The Morgan fingerprint density at radius 2 is 1.94 bits per heavy atom. The number of ether oxygens (including phenoxy) is 2. The third-order valence-electron chi connectivity index (χ3n) is 4.90. The summed E-state index contributed by atoms with van der Waals surface area (Å²) in [6, 6.07) is 8.96. The second-order valence-corrected chi connectivity index (χ2v) is 7.62. The molecule has 2 aromatic heterocycles. The number of nitrogens with zero attached hydrogens (tertiary/aromatic N) is 4. The van der Waals surface area contributed by atoms with Crippen LogP contribution in [0.3, 0.4) is 0 Å². The van der Waals surface area contributed by atoms with Crippen LogP contribution in [0.4, 0.5) is 10.2 Å². The molecule has 3 heterocycles. The van der Waals surface area contributed by atoms with Crippen molar-refractivity contribution < 1.29 is 13.9 Å². The van der Waals surface area contributed by atoms with Crippen molar-refractivity contribution in [2.45, 2.75) is 13.1 Å². The summed E-state index contributed by atoms with van der Waals surface area (Å²) in [5.74, 6) is 2.35. The minimum atomic E-state index is -1.30. The van der Waals surface area contributed by atoms with Gasteiger partial charge in [-0.05, 0) is 19.1 Å². The van der Waals surface area contributed by atoms with Crippen molar-refractivity contribution in [3.05, 3.63) is 59.0 Å². The van der Waals surface area contributed by atoms with Gasteiger partial charge in [0.05, 0.1) is 18.8 Å². The third kappa shape index (κ3) is 5.10. The highest BCUT2D eigenvalue weighted by Crippen LogP contribution is 2.35. The molecule has 3 aromatic rings. The Bertz CT molecular complexity index is 1040. The molecule has 9 heteroatoms. The lowest BCUT2D eigenvalue weighted by molar-refractivity contribution is 0.122. The molecule has 2 N–H and O–H groups in total. The molecule has 1 saturated heterocycles. The standard InChI is InChI=1S/C22H23ClFN5O2/c1-14-8-17(10-21(28-14)29-4-6-30-7-5-29)31-20-9-16(23)2-3-18(20)22-26-12-15(13-27-22)19(24)11-25/h2-3,8-10,12-13,19H,4-7,11,25H2,1H3/t19-/m0/s1. The summed E-state index contributed by atoms with van der Waals surface area (Å²) in [6.45, 7) is 4.68. The van der Waals surface area contributed by atoms with E-state index in [2.05, 4.69) is 19.9 Å².